The van der Waals surface area contributed by atoms with Crippen molar-refractivity contribution < 1.29 is 0 Å². The van der Waals surface area contributed by atoms with Crippen LogP contribution in [0.1, 0.15) is 18.2 Å². The fourth-order valence-corrected chi connectivity index (χ4v) is 4.30. The first-order valence-corrected chi connectivity index (χ1v) is 9.41. The molecule has 4 rings (SSSR count). The number of piperazine rings is 1. The molecule has 0 atom stereocenters. The molecule has 0 spiro atoms. The van der Waals surface area contributed by atoms with Crippen LogP contribution in [0, 0.1) is 0 Å². The zero-order valence-electron chi connectivity index (χ0n) is 14.0. The van der Waals surface area contributed by atoms with Gasteiger partial charge in [-0.2, -0.15) is 0 Å². The van der Waals surface area contributed by atoms with Crippen molar-refractivity contribution in [2.75, 3.05) is 31.1 Å². The first-order valence-electron chi connectivity index (χ1n) is 8.59. The highest BCUT2D eigenvalue weighted by atomic mass is 32.1. The normalized spacial score (nSPS) is 16.0. The number of benzene rings is 1. The number of para-hydroxylation sites is 1. The maximum absolute atomic E-state index is 4.93. The number of rotatable bonds is 4. The lowest BCUT2D eigenvalue weighted by atomic mass is 10.1. The predicted molar refractivity (Wildman–Crippen MR) is 101 cm³/mol. The number of hydrogen-bond acceptors (Lipinski definition) is 5. The minimum atomic E-state index is 0.939. The van der Waals surface area contributed by atoms with Crippen molar-refractivity contribution in [2.24, 2.45) is 0 Å². The maximum atomic E-state index is 4.93. The fraction of sp³-hybridized carbons (Fsp3) is 0.368. The predicted octanol–water partition coefficient (Wildman–Crippen LogP) is 3.58. The molecule has 1 aliphatic heterocycles. The summed E-state index contributed by atoms with van der Waals surface area (Å²) >= 11 is 1.82. The molecule has 3 heterocycles. The average Bonchev–Trinajstić information content (AvgIpc) is 3.07. The summed E-state index contributed by atoms with van der Waals surface area (Å²) in [6, 6.07) is 12.7. The van der Waals surface area contributed by atoms with Crippen molar-refractivity contribution >= 4 is 26.7 Å². The molecule has 0 bridgehead atoms. The third-order valence-corrected chi connectivity index (χ3v) is 5.71. The molecule has 1 aliphatic rings. The van der Waals surface area contributed by atoms with E-state index in [-0.39, 0.29) is 0 Å². The van der Waals surface area contributed by atoms with Gasteiger partial charge < -0.3 is 4.90 Å². The number of anilines is 1. The van der Waals surface area contributed by atoms with E-state index in [4.69, 9.17) is 4.98 Å². The Hall–Kier alpha value is -1.98. The van der Waals surface area contributed by atoms with Gasteiger partial charge >= 0.3 is 0 Å². The molecule has 1 aromatic carbocycles. The standard InChI is InChI=1S/C19H22N4S/c1-2-15-6-5-8-17-18(15)21-19(24-17)23-12-10-22(11-13-23)14-16-7-3-4-9-20-16/h3-9H,2,10-14H2,1H3. The Labute approximate surface area is 146 Å². The van der Waals surface area contributed by atoms with E-state index in [9.17, 15) is 0 Å². The molecular weight excluding hydrogens is 316 g/mol. The van der Waals surface area contributed by atoms with E-state index >= 15 is 0 Å². The second-order valence-electron chi connectivity index (χ2n) is 6.20. The molecule has 1 fully saturated rings. The van der Waals surface area contributed by atoms with E-state index in [1.807, 2.05) is 23.6 Å². The molecule has 5 heteroatoms. The lowest BCUT2D eigenvalue weighted by Crippen LogP contribution is -2.46. The number of thiazole rings is 1. The molecule has 0 saturated carbocycles. The molecule has 2 aromatic heterocycles. The van der Waals surface area contributed by atoms with E-state index in [0.717, 1.165) is 44.8 Å². The lowest BCUT2D eigenvalue weighted by Gasteiger charge is -2.34. The van der Waals surface area contributed by atoms with Crippen LogP contribution in [0.25, 0.3) is 10.2 Å². The van der Waals surface area contributed by atoms with E-state index < -0.39 is 0 Å². The number of aryl methyl sites for hydroxylation is 1. The Kier molecular flexibility index (Phi) is 4.45. The number of aromatic nitrogens is 2. The van der Waals surface area contributed by atoms with Crippen molar-refractivity contribution in [3.05, 3.63) is 53.9 Å². The largest absolute Gasteiger partial charge is 0.345 e. The zero-order chi connectivity index (χ0) is 16.4. The topological polar surface area (TPSA) is 32.3 Å². The molecule has 124 valence electrons. The molecule has 0 N–H and O–H groups in total. The van der Waals surface area contributed by atoms with Crippen molar-refractivity contribution in [2.45, 2.75) is 19.9 Å². The number of hydrogen-bond donors (Lipinski definition) is 0. The van der Waals surface area contributed by atoms with Gasteiger partial charge in [0.25, 0.3) is 0 Å². The van der Waals surface area contributed by atoms with Gasteiger partial charge in [0.1, 0.15) is 0 Å². The van der Waals surface area contributed by atoms with E-state index in [2.05, 4.69) is 52.0 Å². The van der Waals surface area contributed by atoms with Gasteiger partial charge in [0.05, 0.1) is 15.9 Å². The van der Waals surface area contributed by atoms with Gasteiger partial charge in [-0.15, -0.1) is 0 Å². The Morgan fingerprint density at radius 2 is 1.92 bits per heavy atom. The quantitative estimate of drug-likeness (QED) is 0.728. The highest BCUT2D eigenvalue weighted by Gasteiger charge is 2.20. The summed E-state index contributed by atoms with van der Waals surface area (Å²) in [5.41, 5.74) is 3.69. The minimum Gasteiger partial charge on any atom is -0.345 e. The Morgan fingerprint density at radius 3 is 2.67 bits per heavy atom. The van der Waals surface area contributed by atoms with Gasteiger partial charge in [-0.1, -0.05) is 36.5 Å². The summed E-state index contributed by atoms with van der Waals surface area (Å²) in [7, 11) is 0. The summed E-state index contributed by atoms with van der Waals surface area (Å²) in [6.45, 7) is 7.33. The molecular formula is C19H22N4S. The third kappa shape index (κ3) is 3.14. The summed E-state index contributed by atoms with van der Waals surface area (Å²) in [6.07, 6.45) is 2.91. The molecule has 3 aromatic rings. The van der Waals surface area contributed by atoms with Crippen LogP contribution in [0.15, 0.2) is 42.6 Å². The number of pyridine rings is 1. The molecule has 4 nitrogen and oxygen atoms in total. The second kappa shape index (κ2) is 6.87. The first-order chi connectivity index (χ1) is 11.8. The van der Waals surface area contributed by atoms with Gasteiger partial charge in [-0.25, -0.2) is 4.98 Å². The Balaban J connectivity index is 1.44. The van der Waals surface area contributed by atoms with Gasteiger partial charge in [0.15, 0.2) is 5.13 Å². The van der Waals surface area contributed by atoms with Crippen molar-refractivity contribution in [1.29, 1.82) is 0 Å². The van der Waals surface area contributed by atoms with Crippen LogP contribution in [0.5, 0.6) is 0 Å². The van der Waals surface area contributed by atoms with Crippen LogP contribution < -0.4 is 4.90 Å². The van der Waals surface area contributed by atoms with Crippen molar-refractivity contribution in [3.8, 4) is 0 Å². The van der Waals surface area contributed by atoms with Crippen molar-refractivity contribution in [3.63, 3.8) is 0 Å². The second-order valence-corrected chi connectivity index (χ2v) is 7.21. The summed E-state index contributed by atoms with van der Waals surface area (Å²) in [4.78, 5) is 14.3. The van der Waals surface area contributed by atoms with E-state index in [1.165, 1.54) is 20.9 Å². The van der Waals surface area contributed by atoms with Crippen LogP contribution in [0.4, 0.5) is 5.13 Å². The van der Waals surface area contributed by atoms with E-state index in [1.54, 1.807) is 0 Å². The van der Waals surface area contributed by atoms with Crippen molar-refractivity contribution in [1.82, 2.24) is 14.9 Å². The van der Waals surface area contributed by atoms with Gasteiger partial charge in [-0.3, -0.25) is 9.88 Å². The smallest absolute Gasteiger partial charge is 0.186 e. The Morgan fingerprint density at radius 1 is 1.04 bits per heavy atom. The average molecular weight is 338 g/mol. The fourth-order valence-electron chi connectivity index (χ4n) is 3.23. The molecule has 0 aliphatic carbocycles. The first kappa shape index (κ1) is 15.5. The molecule has 0 amide bonds. The van der Waals surface area contributed by atoms with Crippen LogP contribution in [-0.2, 0) is 13.0 Å². The van der Waals surface area contributed by atoms with Crippen LogP contribution in [-0.4, -0.2) is 41.0 Å². The van der Waals surface area contributed by atoms with Gasteiger partial charge in [0.2, 0.25) is 0 Å². The minimum absolute atomic E-state index is 0.939. The number of nitrogens with zero attached hydrogens (tertiary/aromatic N) is 4. The van der Waals surface area contributed by atoms with Crippen LogP contribution >= 0.6 is 11.3 Å². The maximum Gasteiger partial charge on any atom is 0.186 e. The third-order valence-electron chi connectivity index (χ3n) is 4.63. The van der Waals surface area contributed by atoms with Gasteiger partial charge in [-0.05, 0) is 30.2 Å². The van der Waals surface area contributed by atoms with Gasteiger partial charge in [0, 0.05) is 38.9 Å². The summed E-state index contributed by atoms with van der Waals surface area (Å²) in [5, 5.41) is 1.17. The zero-order valence-corrected chi connectivity index (χ0v) is 14.8. The summed E-state index contributed by atoms with van der Waals surface area (Å²) in [5.74, 6) is 0. The molecule has 0 radical (unpaired) electrons. The van der Waals surface area contributed by atoms with E-state index in [0.29, 0.717) is 0 Å². The van der Waals surface area contributed by atoms with Crippen LogP contribution in [0.2, 0.25) is 0 Å². The highest BCUT2D eigenvalue weighted by Crippen LogP contribution is 2.31. The SMILES string of the molecule is CCc1cccc2sc(N3CCN(Cc4ccccn4)CC3)nc12. The highest BCUT2D eigenvalue weighted by molar-refractivity contribution is 7.22. The number of fused-ring (bicyclic) bond motifs is 1. The lowest BCUT2D eigenvalue weighted by molar-refractivity contribution is 0.247. The monoisotopic (exact) mass is 338 g/mol. The molecule has 24 heavy (non-hydrogen) atoms. The Bertz CT molecular complexity index is 807. The molecule has 1 saturated heterocycles. The molecule has 0 unspecified atom stereocenters. The summed E-state index contributed by atoms with van der Waals surface area (Å²) < 4.78 is 1.31. The van der Waals surface area contributed by atoms with Crippen LogP contribution in [0.3, 0.4) is 0 Å².